The van der Waals surface area contributed by atoms with Crippen molar-refractivity contribution >= 4 is 5.84 Å². The molecule has 1 aromatic carbocycles. The number of pyridine rings is 1. The lowest BCUT2D eigenvalue weighted by Crippen LogP contribution is -2.19. The minimum absolute atomic E-state index is 0.126. The predicted molar refractivity (Wildman–Crippen MR) is 125 cm³/mol. The van der Waals surface area contributed by atoms with Gasteiger partial charge in [-0.25, -0.2) is 9.67 Å². The van der Waals surface area contributed by atoms with Crippen molar-refractivity contribution in [3.05, 3.63) is 65.4 Å². The van der Waals surface area contributed by atoms with Gasteiger partial charge >= 0.3 is 0 Å². The first-order valence-electron chi connectivity index (χ1n) is 10.8. The Morgan fingerprint density at radius 1 is 1.13 bits per heavy atom. The summed E-state index contributed by atoms with van der Waals surface area (Å²) in [5.41, 5.74) is 9.66. The Hall–Kier alpha value is -3.22. The Morgan fingerprint density at radius 2 is 1.90 bits per heavy atom. The normalized spacial score (nSPS) is 12.3. The number of benzene rings is 1. The summed E-state index contributed by atoms with van der Waals surface area (Å²) in [6.45, 7) is 9.67. The van der Waals surface area contributed by atoms with Gasteiger partial charge < -0.3 is 11.6 Å². The molecule has 31 heavy (non-hydrogen) atoms. The third-order valence-electron chi connectivity index (χ3n) is 4.98. The summed E-state index contributed by atoms with van der Waals surface area (Å²) in [5, 5.41) is 8.41. The van der Waals surface area contributed by atoms with Gasteiger partial charge in [-0.2, -0.15) is 10.2 Å². The van der Waals surface area contributed by atoms with E-state index in [1.807, 2.05) is 36.5 Å². The van der Waals surface area contributed by atoms with Gasteiger partial charge in [0, 0.05) is 36.7 Å². The molecule has 3 aromatic rings. The molecular weight excluding hydrogens is 386 g/mol. The molecule has 2 heterocycles. The SMILES string of the molecule is CCCCc1nc(Cc2ccc(-c3ccccc3/C(N)=N/N)nc2)n(CC(C)(C)C)n1. The van der Waals surface area contributed by atoms with Gasteiger partial charge in [0.05, 0.1) is 5.69 Å². The van der Waals surface area contributed by atoms with Gasteiger partial charge in [0.1, 0.15) is 5.82 Å². The Kier molecular flexibility index (Phi) is 7.05. The monoisotopic (exact) mass is 419 g/mol. The maximum atomic E-state index is 5.95. The minimum atomic E-state index is 0.126. The summed E-state index contributed by atoms with van der Waals surface area (Å²) in [7, 11) is 0. The molecule has 3 rings (SSSR count). The molecule has 0 aliphatic carbocycles. The number of hydrogen-bond donors (Lipinski definition) is 2. The van der Waals surface area contributed by atoms with E-state index in [0.717, 1.165) is 59.8 Å². The number of nitrogens with two attached hydrogens (primary N) is 2. The molecule has 0 aliphatic rings. The van der Waals surface area contributed by atoms with Crippen LogP contribution in [0.3, 0.4) is 0 Å². The largest absolute Gasteiger partial charge is 0.382 e. The van der Waals surface area contributed by atoms with Crippen LogP contribution in [0.4, 0.5) is 0 Å². The average molecular weight is 420 g/mol. The highest BCUT2D eigenvalue weighted by Gasteiger charge is 2.18. The van der Waals surface area contributed by atoms with Crippen LogP contribution in [0, 0.1) is 5.41 Å². The predicted octanol–water partition coefficient (Wildman–Crippen LogP) is 3.90. The number of rotatable bonds is 8. The molecule has 0 unspecified atom stereocenters. The lowest BCUT2D eigenvalue weighted by Gasteiger charge is -2.19. The second kappa shape index (κ2) is 9.73. The lowest BCUT2D eigenvalue weighted by molar-refractivity contribution is 0.318. The van der Waals surface area contributed by atoms with E-state index >= 15 is 0 Å². The maximum Gasteiger partial charge on any atom is 0.150 e. The molecule has 0 fully saturated rings. The molecule has 2 aromatic heterocycles. The molecule has 0 saturated carbocycles. The van der Waals surface area contributed by atoms with E-state index in [4.69, 9.17) is 21.7 Å². The van der Waals surface area contributed by atoms with Gasteiger partial charge in [-0.15, -0.1) is 0 Å². The fourth-order valence-electron chi connectivity index (χ4n) is 3.44. The van der Waals surface area contributed by atoms with Gasteiger partial charge in [-0.3, -0.25) is 4.98 Å². The fraction of sp³-hybridized carbons (Fsp3) is 0.417. The fourth-order valence-corrected chi connectivity index (χ4v) is 3.44. The number of amidine groups is 1. The molecule has 0 aliphatic heterocycles. The summed E-state index contributed by atoms with van der Waals surface area (Å²) in [6, 6.07) is 11.8. The average Bonchev–Trinajstić information content (AvgIpc) is 3.11. The molecule has 7 heteroatoms. The van der Waals surface area contributed by atoms with Crippen molar-refractivity contribution in [1.29, 1.82) is 0 Å². The molecule has 0 radical (unpaired) electrons. The van der Waals surface area contributed by atoms with Gasteiger partial charge in [0.15, 0.2) is 11.7 Å². The number of aromatic nitrogens is 4. The van der Waals surface area contributed by atoms with Crippen LogP contribution in [0.2, 0.25) is 0 Å². The molecule has 4 N–H and O–H groups in total. The van der Waals surface area contributed by atoms with E-state index in [1.54, 1.807) is 0 Å². The summed E-state index contributed by atoms with van der Waals surface area (Å²) >= 11 is 0. The smallest absolute Gasteiger partial charge is 0.150 e. The summed E-state index contributed by atoms with van der Waals surface area (Å²) in [4.78, 5) is 9.51. The zero-order chi connectivity index (χ0) is 22.4. The summed E-state index contributed by atoms with van der Waals surface area (Å²) in [5.74, 6) is 7.58. The highest BCUT2D eigenvalue weighted by molar-refractivity contribution is 6.02. The van der Waals surface area contributed by atoms with Crippen LogP contribution in [-0.2, 0) is 19.4 Å². The third-order valence-corrected chi connectivity index (χ3v) is 4.98. The number of hydrogen-bond acceptors (Lipinski definition) is 5. The minimum Gasteiger partial charge on any atom is -0.382 e. The van der Waals surface area contributed by atoms with E-state index in [-0.39, 0.29) is 11.3 Å². The van der Waals surface area contributed by atoms with Crippen LogP contribution in [0.5, 0.6) is 0 Å². The lowest BCUT2D eigenvalue weighted by atomic mass is 9.97. The first-order chi connectivity index (χ1) is 14.8. The van der Waals surface area contributed by atoms with E-state index in [1.165, 1.54) is 0 Å². The molecule has 164 valence electrons. The van der Waals surface area contributed by atoms with Crippen LogP contribution >= 0.6 is 0 Å². The molecule has 0 atom stereocenters. The molecule has 0 bridgehead atoms. The second-order valence-corrected chi connectivity index (χ2v) is 9.05. The van der Waals surface area contributed by atoms with Crippen molar-refractivity contribution in [2.75, 3.05) is 0 Å². The number of unbranched alkanes of at least 4 members (excludes halogenated alkanes) is 1. The van der Waals surface area contributed by atoms with Gasteiger partial charge in [-0.05, 0) is 23.5 Å². The van der Waals surface area contributed by atoms with E-state index in [9.17, 15) is 0 Å². The number of nitrogens with zero attached hydrogens (tertiary/aromatic N) is 5. The zero-order valence-electron chi connectivity index (χ0n) is 19.0. The molecule has 0 amide bonds. The Balaban J connectivity index is 1.85. The Labute approximate surface area is 184 Å². The Morgan fingerprint density at radius 3 is 2.55 bits per heavy atom. The van der Waals surface area contributed by atoms with Crippen molar-refractivity contribution in [3.63, 3.8) is 0 Å². The highest BCUT2D eigenvalue weighted by Crippen LogP contribution is 2.23. The Bertz CT molecular complexity index is 1030. The standard InChI is InChI=1S/C24H33N7/c1-5-6-11-21-28-22(31(30-21)16-24(2,3)4)14-17-12-13-20(27-15-17)18-9-7-8-10-19(18)23(25)29-26/h7-10,12-13,15H,5-6,11,14,16,26H2,1-4H3,(H2,25,29). The van der Waals surface area contributed by atoms with Crippen molar-refractivity contribution in [2.45, 2.75) is 59.9 Å². The van der Waals surface area contributed by atoms with Crippen molar-refractivity contribution in [2.24, 2.45) is 22.1 Å². The zero-order valence-corrected chi connectivity index (χ0v) is 19.0. The first kappa shape index (κ1) is 22.5. The van der Waals surface area contributed by atoms with Crippen molar-refractivity contribution in [3.8, 4) is 11.3 Å². The summed E-state index contributed by atoms with van der Waals surface area (Å²) in [6.07, 6.45) is 5.73. The molecular formula is C24H33N7. The van der Waals surface area contributed by atoms with Gasteiger partial charge in [0.25, 0.3) is 0 Å². The second-order valence-electron chi connectivity index (χ2n) is 9.05. The van der Waals surface area contributed by atoms with Crippen LogP contribution in [-0.4, -0.2) is 25.6 Å². The highest BCUT2D eigenvalue weighted by atomic mass is 15.3. The van der Waals surface area contributed by atoms with Gasteiger partial charge in [0.2, 0.25) is 0 Å². The maximum absolute atomic E-state index is 5.95. The van der Waals surface area contributed by atoms with E-state index in [2.05, 4.69) is 48.5 Å². The van der Waals surface area contributed by atoms with Gasteiger partial charge in [-0.1, -0.05) is 64.4 Å². The molecule has 0 saturated heterocycles. The van der Waals surface area contributed by atoms with Crippen LogP contribution in [0.1, 0.15) is 63.3 Å². The van der Waals surface area contributed by atoms with Crippen LogP contribution in [0.25, 0.3) is 11.3 Å². The third kappa shape index (κ3) is 5.90. The quantitative estimate of drug-likeness (QED) is 0.249. The van der Waals surface area contributed by atoms with E-state index in [0.29, 0.717) is 6.42 Å². The van der Waals surface area contributed by atoms with E-state index < -0.39 is 0 Å². The van der Waals surface area contributed by atoms with Crippen molar-refractivity contribution < 1.29 is 0 Å². The first-order valence-corrected chi connectivity index (χ1v) is 10.8. The number of aryl methyl sites for hydroxylation is 1. The van der Waals surface area contributed by atoms with Crippen LogP contribution in [0.15, 0.2) is 47.7 Å². The topological polar surface area (TPSA) is 108 Å². The molecule has 0 spiro atoms. The molecule has 7 nitrogen and oxygen atoms in total. The summed E-state index contributed by atoms with van der Waals surface area (Å²) < 4.78 is 2.06. The van der Waals surface area contributed by atoms with Crippen LogP contribution < -0.4 is 11.6 Å². The van der Waals surface area contributed by atoms with Crippen molar-refractivity contribution in [1.82, 2.24) is 19.7 Å². The number of hydrazone groups is 1.